The Balaban J connectivity index is 0. The molecule has 0 heterocycles. The molecule has 0 saturated heterocycles. The highest BCUT2D eigenvalue weighted by Crippen LogP contribution is 2.23. The van der Waals surface area contributed by atoms with Gasteiger partial charge in [-0.1, -0.05) is 27.7 Å². The molecule has 0 radical (unpaired) electrons. The minimum Gasteiger partial charge on any atom is -0.495 e. The first-order valence-corrected chi connectivity index (χ1v) is 5.53. The number of nitrogens with two attached hydrogens (primary N) is 1. The van der Waals surface area contributed by atoms with E-state index in [2.05, 4.69) is 0 Å². The Bertz CT molecular complexity index is 341. The van der Waals surface area contributed by atoms with E-state index in [1.54, 1.807) is 12.1 Å². The Hall–Kier alpha value is -1.69. The summed E-state index contributed by atoms with van der Waals surface area (Å²) in [5, 5.41) is 8.69. The van der Waals surface area contributed by atoms with Crippen molar-refractivity contribution in [1.82, 2.24) is 0 Å². The average molecular weight is 222 g/mol. The van der Waals surface area contributed by atoms with Gasteiger partial charge in [0, 0.05) is 11.8 Å². The molecule has 0 atom stereocenters. The monoisotopic (exact) mass is 222 g/mol. The fourth-order valence-electron chi connectivity index (χ4n) is 0.960. The average Bonchev–Trinajstić information content (AvgIpc) is 2.37. The molecular weight excluding hydrogens is 200 g/mol. The summed E-state index contributed by atoms with van der Waals surface area (Å²) in [6.07, 6.45) is 0. The number of rotatable bonds is 1. The molecule has 0 aliphatic heterocycles. The van der Waals surface area contributed by atoms with Crippen molar-refractivity contribution >= 4 is 5.69 Å². The summed E-state index contributed by atoms with van der Waals surface area (Å²) in [7, 11) is 1.52. The standard InChI is InChI=1S/C9H10N2O.2C2H6/c1-6-3-7(5-10)9(12-2)4-8(6)11;2*1-2/h3-4H,11H2,1-2H3;2*1-2H3. The second-order valence-corrected chi connectivity index (χ2v) is 2.52. The minimum atomic E-state index is 0.518. The van der Waals surface area contributed by atoms with E-state index >= 15 is 0 Å². The summed E-state index contributed by atoms with van der Waals surface area (Å²) < 4.78 is 4.97. The lowest BCUT2D eigenvalue weighted by molar-refractivity contribution is 0.413. The van der Waals surface area contributed by atoms with Crippen LogP contribution in [-0.4, -0.2) is 7.11 Å². The highest BCUT2D eigenvalue weighted by molar-refractivity contribution is 5.57. The van der Waals surface area contributed by atoms with E-state index in [9.17, 15) is 0 Å². The zero-order valence-electron chi connectivity index (χ0n) is 11.1. The number of hydrogen-bond acceptors (Lipinski definition) is 3. The van der Waals surface area contributed by atoms with Gasteiger partial charge >= 0.3 is 0 Å². The van der Waals surface area contributed by atoms with Gasteiger partial charge in [-0.3, -0.25) is 0 Å². The molecule has 1 aromatic carbocycles. The van der Waals surface area contributed by atoms with Gasteiger partial charge in [-0.05, 0) is 18.6 Å². The van der Waals surface area contributed by atoms with Crippen molar-refractivity contribution in [2.24, 2.45) is 0 Å². The summed E-state index contributed by atoms with van der Waals surface area (Å²) >= 11 is 0. The van der Waals surface area contributed by atoms with Crippen molar-refractivity contribution in [2.75, 3.05) is 12.8 Å². The van der Waals surface area contributed by atoms with E-state index < -0.39 is 0 Å². The third kappa shape index (κ3) is 4.70. The maximum absolute atomic E-state index is 8.69. The third-order valence-electron chi connectivity index (χ3n) is 1.71. The lowest BCUT2D eigenvalue weighted by Crippen LogP contribution is -1.94. The van der Waals surface area contributed by atoms with Gasteiger partial charge in [-0.25, -0.2) is 0 Å². The molecule has 0 spiro atoms. The Morgan fingerprint density at radius 2 is 1.69 bits per heavy atom. The number of nitrogen functional groups attached to an aromatic ring is 1. The van der Waals surface area contributed by atoms with E-state index in [1.807, 2.05) is 40.7 Å². The molecular formula is C13H22N2O. The SMILES string of the molecule is CC.CC.COc1cc(N)c(C)cc1C#N. The highest BCUT2D eigenvalue weighted by Gasteiger charge is 2.04. The van der Waals surface area contributed by atoms with Gasteiger partial charge in [-0.2, -0.15) is 5.26 Å². The molecule has 0 unspecified atom stereocenters. The largest absolute Gasteiger partial charge is 0.495 e. The van der Waals surface area contributed by atoms with Crippen LogP contribution in [0.2, 0.25) is 0 Å². The first-order valence-electron chi connectivity index (χ1n) is 5.53. The molecule has 0 aliphatic rings. The van der Waals surface area contributed by atoms with Crippen molar-refractivity contribution in [3.8, 4) is 11.8 Å². The number of nitriles is 1. The van der Waals surface area contributed by atoms with Gasteiger partial charge in [0.25, 0.3) is 0 Å². The molecule has 2 N–H and O–H groups in total. The summed E-state index contributed by atoms with van der Waals surface area (Å²) in [5.74, 6) is 0.528. The van der Waals surface area contributed by atoms with Crippen LogP contribution in [0.5, 0.6) is 5.75 Å². The summed E-state index contributed by atoms with van der Waals surface area (Å²) in [6, 6.07) is 5.41. The van der Waals surface area contributed by atoms with E-state index in [0.717, 1.165) is 5.56 Å². The number of anilines is 1. The number of hydrogen-bond donors (Lipinski definition) is 1. The zero-order valence-corrected chi connectivity index (χ0v) is 11.1. The number of ether oxygens (including phenoxy) is 1. The molecule has 0 fully saturated rings. The normalized spacial score (nSPS) is 7.56. The Labute approximate surface area is 98.8 Å². The third-order valence-corrected chi connectivity index (χ3v) is 1.71. The molecule has 1 rings (SSSR count). The predicted molar refractivity (Wildman–Crippen MR) is 69.6 cm³/mol. The van der Waals surface area contributed by atoms with E-state index in [1.165, 1.54) is 7.11 Å². The van der Waals surface area contributed by atoms with Gasteiger partial charge in [0.15, 0.2) is 0 Å². The number of nitrogens with zero attached hydrogens (tertiary/aromatic N) is 1. The zero-order chi connectivity index (χ0) is 13.1. The van der Waals surface area contributed by atoms with Crippen LogP contribution in [0.25, 0.3) is 0 Å². The molecule has 16 heavy (non-hydrogen) atoms. The van der Waals surface area contributed by atoms with E-state index in [0.29, 0.717) is 17.0 Å². The van der Waals surface area contributed by atoms with Crippen LogP contribution in [-0.2, 0) is 0 Å². The Morgan fingerprint density at radius 1 is 1.19 bits per heavy atom. The van der Waals surface area contributed by atoms with Crippen molar-refractivity contribution in [3.63, 3.8) is 0 Å². The Morgan fingerprint density at radius 3 is 2.06 bits per heavy atom. The van der Waals surface area contributed by atoms with Crippen LogP contribution in [0, 0.1) is 18.3 Å². The minimum absolute atomic E-state index is 0.518. The van der Waals surface area contributed by atoms with Gasteiger partial charge in [-0.15, -0.1) is 0 Å². The van der Waals surface area contributed by atoms with Crippen LogP contribution in [0.3, 0.4) is 0 Å². The molecule has 3 nitrogen and oxygen atoms in total. The summed E-state index contributed by atoms with van der Waals surface area (Å²) in [6.45, 7) is 9.86. The molecule has 0 aliphatic carbocycles. The second-order valence-electron chi connectivity index (χ2n) is 2.52. The number of benzene rings is 1. The quantitative estimate of drug-likeness (QED) is 0.740. The molecule has 0 aromatic heterocycles. The van der Waals surface area contributed by atoms with Crippen LogP contribution in [0.1, 0.15) is 38.8 Å². The van der Waals surface area contributed by atoms with Crippen molar-refractivity contribution in [1.29, 1.82) is 5.26 Å². The van der Waals surface area contributed by atoms with E-state index in [-0.39, 0.29) is 0 Å². The molecule has 0 amide bonds. The van der Waals surface area contributed by atoms with Gasteiger partial charge in [0.05, 0.1) is 12.7 Å². The number of aryl methyl sites for hydroxylation is 1. The van der Waals surface area contributed by atoms with Gasteiger partial charge < -0.3 is 10.5 Å². The molecule has 0 saturated carbocycles. The first kappa shape index (κ1) is 16.7. The first-order chi connectivity index (χ1) is 7.69. The maximum atomic E-state index is 8.69. The number of methoxy groups -OCH3 is 1. The summed E-state index contributed by atoms with van der Waals surface area (Å²) in [5.41, 5.74) is 7.69. The highest BCUT2D eigenvalue weighted by atomic mass is 16.5. The second kappa shape index (κ2) is 9.85. The van der Waals surface area contributed by atoms with Crippen molar-refractivity contribution < 1.29 is 4.74 Å². The molecule has 1 aromatic rings. The summed E-state index contributed by atoms with van der Waals surface area (Å²) in [4.78, 5) is 0. The van der Waals surface area contributed by atoms with Gasteiger partial charge in [0.1, 0.15) is 11.8 Å². The fourth-order valence-corrected chi connectivity index (χ4v) is 0.960. The van der Waals surface area contributed by atoms with Crippen molar-refractivity contribution in [2.45, 2.75) is 34.6 Å². The van der Waals surface area contributed by atoms with Crippen LogP contribution in [0.15, 0.2) is 12.1 Å². The molecule has 0 bridgehead atoms. The van der Waals surface area contributed by atoms with Crippen LogP contribution in [0.4, 0.5) is 5.69 Å². The maximum Gasteiger partial charge on any atom is 0.138 e. The topological polar surface area (TPSA) is 59.0 Å². The molecule has 90 valence electrons. The van der Waals surface area contributed by atoms with Crippen LogP contribution >= 0.6 is 0 Å². The van der Waals surface area contributed by atoms with Crippen molar-refractivity contribution in [3.05, 3.63) is 23.3 Å². The fraction of sp³-hybridized carbons (Fsp3) is 0.462. The van der Waals surface area contributed by atoms with Gasteiger partial charge in [0.2, 0.25) is 0 Å². The molecule has 3 heteroatoms. The lowest BCUT2D eigenvalue weighted by Gasteiger charge is -2.05. The van der Waals surface area contributed by atoms with E-state index in [4.69, 9.17) is 15.7 Å². The smallest absolute Gasteiger partial charge is 0.138 e. The predicted octanol–water partition coefficient (Wildman–Crippen LogP) is 3.51. The lowest BCUT2D eigenvalue weighted by atomic mass is 10.1. The Kier molecular flexibility index (Phi) is 10.3. The van der Waals surface area contributed by atoms with Crippen LogP contribution < -0.4 is 10.5 Å².